The van der Waals surface area contributed by atoms with Gasteiger partial charge in [0.15, 0.2) is 0 Å². The summed E-state index contributed by atoms with van der Waals surface area (Å²) in [5.74, 6) is 0. The molecule has 0 amide bonds. The van der Waals surface area contributed by atoms with Crippen molar-refractivity contribution in [3.8, 4) is 11.1 Å². The van der Waals surface area contributed by atoms with E-state index in [1.807, 2.05) is 0 Å². The van der Waals surface area contributed by atoms with Crippen LogP contribution < -0.4 is 0 Å². The van der Waals surface area contributed by atoms with E-state index in [9.17, 15) is 0 Å². The molecule has 2 aromatic heterocycles. The summed E-state index contributed by atoms with van der Waals surface area (Å²) in [6, 6.07) is 32.1. The standard InChI is InChI=1S/C30H28N2/c1-19(2)31-27-14-7-6-11-24(27)26-18-21(16-17-29(26)31)22-12-9-13-25-23-10-5-8-15-28(23)32(20(3)4)30(22)25/h5-20H,1-4H3. The summed E-state index contributed by atoms with van der Waals surface area (Å²) in [5, 5.41) is 5.32. The van der Waals surface area contributed by atoms with Gasteiger partial charge >= 0.3 is 0 Å². The predicted molar refractivity (Wildman–Crippen MR) is 139 cm³/mol. The lowest BCUT2D eigenvalue weighted by Gasteiger charge is -2.15. The summed E-state index contributed by atoms with van der Waals surface area (Å²) in [7, 11) is 0. The highest BCUT2D eigenvalue weighted by atomic mass is 15.0. The molecule has 2 heteroatoms. The second kappa shape index (κ2) is 7.00. The number of nitrogens with zero attached hydrogens (tertiary/aromatic N) is 2. The Hall–Kier alpha value is -3.52. The largest absolute Gasteiger partial charge is 0.338 e. The molecular weight excluding hydrogens is 388 g/mol. The van der Waals surface area contributed by atoms with Crippen molar-refractivity contribution < 1.29 is 0 Å². The number of fused-ring (bicyclic) bond motifs is 6. The smallest absolute Gasteiger partial charge is 0.0573 e. The summed E-state index contributed by atoms with van der Waals surface area (Å²) in [4.78, 5) is 0. The fraction of sp³-hybridized carbons (Fsp3) is 0.200. The second-order valence-electron chi connectivity index (χ2n) is 9.40. The monoisotopic (exact) mass is 416 g/mol. The van der Waals surface area contributed by atoms with Crippen LogP contribution >= 0.6 is 0 Å². The summed E-state index contributed by atoms with van der Waals surface area (Å²) in [6.45, 7) is 9.09. The predicted octanol–water partition coefficient (Wildman–Crippen LogP) is 8.73. The molecule has 0 radical (unpaired) electrons. The first-order valence-corrected chi connectivity index (χ1v) is 11.6. The van der Waals surface area contributed by atoms with Gasteiger partial charge in [-0.1, -0.05) is 60.7 Å². The summed E-state index contributed by atoms with van der Waals surface area (Å²) in [5.41, 5.74) is 7.83. The lowest BCUT2D eigenvalue weighted by molar-refractivity contribution is 0.642. The number of aromatic nitrogens is 2. The highest BCUT2D eigenvalue weighted by Crippen LogP contribution is 2.40. The minimum Gasteiger partial charge on any atom is -0.338 e. The molecule has 0 bridgehead atoms. The van der Waals surface area contributed by atoms with Crippen molar-refractivity contribution in [2.75, 3.05) is 0 Å². The van der Waals surface area contributed by atoms with Crippen molar-refractivity contribution in [3.63, 3.8) is 0 Å². The molecule has 0 unspecified atom stereocenters. The van der Waals surface area contributed by atoms with Gasteiger partial charge in [-0.25, -0.2) is 0 Å². The highest BCUT2D eigenvalue weighted by molar-refractivity contribution is 6.14. The maximum absolute atomic E-state index is 2.50. The molecule has 2 heterocycles. The quantitative estimate of drug-likeness (QED) is 0.273. The van der Waals surface area contributed by atoms with E-state index < -0.39 is 0 Å². The number of hydrogen-bond acceptors (Lipinski definition) is 0. The zero-order valence-corrected chi connectivity index (χ0v) is 19.1. The van der Waals surface area contributed by atoms with Gasteiger partial charge in [0.2, 0.25) is 0 Å². The van der Waals surface area contributed by atoms with E-state index in [1.54, 1.807) is 0 Å². The van der Waals surface area contributed by atoms with Crippen LogP contribution in [0.5, 0.6) is 0 Å². The van der Waals surface area contributed by atoms with Gasteiger partial charge in [-0.3, -0.25) is 0 Å². The van der Waals surface area contributed by atoms with Crippen LogP contribution in [-0.2, 0) is 0 Å². The molecule has 158 valence electrons. The Labute approximate surface area is 188 Å². The summed E-state index contributed by atoms with van der Waals surface area (Å²) in [6.07, 6.45) is 0. The number of para-hydroxylation sites is 3. The van der Waals surface area contributed by atoms with Gasteiger partial charge in [0, 0.05) is 55.7 Å². The maximum Gasteiger partial charge on any atom is 0.0573 e. The molecule has 0 aliphatic carbocycles. The highest BCUT2D eigenvalue weighted by Gasteiger charge is 2.18. The minimum atomic E-state index is 0.380. The van der Waals surface area contributed by atoms with E-state index in [1.165, 1.54) is 54.7 Å². The Morgan fingerprint density at radius 3 is 1.75 bits per heavy atom. The first-order valence-electron chi connectivity index (χ1n) is 11.6. The average Bonchev–Trinajstić information content (AvgIpc) is 3.32. The summed E-state index contributed by atoms with van der Waals surface area (Å²) >= 11 is 0. The second-order valence-corrected chi connectivity index (χ2v) is 9.40. The van der Waals surface area contributed by atoms with Crippen LogP contribution in [0.25, 0.3) is 54.7 Å². The zero-order valence-electron chi connectivity index (χ0n) is 19.1. The Morgan fingerprint density at radius 2 is 1.06 bits per heavy atom. The summed E-state index contributed by atoms with van der Waals surface area (Å²) < 4.78 is 4.96. The molecule has 0 aliphatic rings. The fourth-order valence-electron chi connectivity index (χ4n) is 5.55. The van der Waals surface area contributed by atoms with Gasteiger partial charge in [-0.05, 0) is 57.5 Å². The van der Waals surface area contributed by atoms with Gasteiger partial charge in [-0.15, -0.1) is 0 Å². The van der Waals surface area contributed by atoms with Crippen molar-refractivity contribution in [2.24, 2.45) is 0 Å². The third kappa shape index (κ3) is 2.59. The molecule has 0 N–H and O–H groups in total. The molecule has 0 fully saturated rings. The van der Waals surface area contributed by atoms with Crippen LogP contribution in [0.4, 0.5) is 0 Å². The number of rotatable bonds is 3. The number of benzene rings is 4. The van der Waals surface area contributed by atoms with Crippen molar-refractivity contribution >= 4 is 43.6 Å². The first-order chi connectivity index (χ1) is 15.6. The number of hydrogen-bond donors (Lipinski definition) is 0. The van der Waals surface area contributed by atoms with E-state index in [0.29, 0.717) is 12.1 Å². The van der Waals surface area contributed by atoms with Gasteiger partial charge in [0.05, 0.1) is 5.52 Å². The maximum atomic E-state index is 2.50. The zero-order chi connectivity index (χ0) is 22.0. The molecule has 4 aromatic carbocycles. The SMILES string of the molecule is CC(C)n1c2ccccc2c2cc(-c3cccc4c5ccccc5n(C(C)C)c34)ccc21. The van der Waals surface area contributed by atoms with E-state index in [0.717, 1.165) is 0 Å². The molecule has 0 atom stereocenters. The first kappa shape index (κ1) is 19.2. The molecule has 0 aliphatic heterocycles. The Kier molecular flexibility index (Phi) is 4.19. The van der Waals surface area contributed by atoms with Gasteiger partial charge in [0.1, 0.15) is 0 Å². The fourth-order valence-corrected chi connectivity index (χ4v) is 5.55. The Bertz CT molecular complexity index is 1630. The lowest BCUT2D eigenvalue weighted by atomic mass is 9.99. The topological polar surface area (TPSA) is 9.86 Å². The van der Waals surface area contributed by atoms with E-state index in [-0.39, 0.29) is 0 Å². The van der Waals surface area contributed by atoms with E-state index in [4.69, 9.17) is 0 Å². The average molecular weight is 417 g/mol. The van der Waals surface area contributed by atoms with E-state index >= 15 is 0 Å². The van der Waals surface area contributed by atoms with Crippen LogP contribution in [0.1, 0.15) is 39.8 Å². The van der Waals surface area contributed by atoms with Crippen molar-refractivity contribution in [2.45, 2.75) is 39.8 Å². The molecular formula is C30H28N2. The van der Waals surface area contributed by atoms with Crippen LogP contribution in [-0.4, -0.2) is 9.13 Å². The van der Waals surface area contributed by atoms with Crippen LogP contribution in [0.2, 0.25) is 0 Å². The van der Waals surface area contributed by atoms with Crippen LogP contribution in [0, 0.1) is 0 Å². The molecule has 6 rings (SSSR count). The normalized spacial score (nSPS) is 12.3. The third-order valence-electron chi connectivity index (χ3n) is 6.78. The van der Waals surface area contributed by atoms with E-state index in [2.05, 4.69) is 122 Å². The van der Waals surface area contributed by atoms with Crippen molar-refractivity contribution in [3.05, 3.63) is 84.9 Å². The lowest BCUT2D eigenvalue weighted by Crippen LogP contribution is -2.01. The van der Waals surface area contributed by atoms with Crippen molar-refractivity contribution in [1.82, 2.24) is 9.13 Å². The van der Waals surface area contributed by atoms with Crippen LogP contribution in [0.3, 0.4) is 0 Å². The molecule has 0 saturated heterocycles. The Balaban J connectivity index is 1.72. The van der Waals surface area contributed by atoms with Gasteiger partial charge in [-0.2, -0.15) is 0 Å². The molecule has 2 nitrogen and oxygen atoms in total. The minimum absolute atomic E-state index is 0.380. The van der Waals surface area contributed by atoms with Gasteiger partial charge < -0.3 is 9.13 Å². The van der Waals surface area contributed by atoms with Gasteiger partial charge in [0.25, 0.3) is 0 Å². The molecule has 0 saturated carbocycles. The Morgan fingerprint density at radius 1 is 0.500 bits per heavy atom. The van der Waals surface area contributed by atoms with Crippen molar-refractivity contribution in [1.29, 1.82) is 0 Å². The molecule has 32 heavy (non-hydrogen) atoms. The molecule has 6 aromatic rings. The van der Waals surface area contributed by atoms with Crippen LogP contribution in [0.15, 0.2) is 84.9 Å². The molecule has 0 spiro atoms. The third-order valence-corrected chi connectivity index (χ3v) is 6.78.